The molecule has 0 saturated heterocycles. The van der Waals surface area contributed by atoms with Gasteiger partial charge in [0.1, 0.15) is 5.82 Å². The Bertz CT molecular complexity index is 1120. The van der Waals surface area contributed by atoms with Gasteiger partial charge < -0.3 is 14.2 Å². The second-order valence-corrected chi connectivity index (χ2v) is 11.7. The molecule has 0 bridgehead atoms. The largest absolute Gasteiger partial charge is 0.327 e. The summed E-state index contributed by atoms with van der Waals surface area (Å²) in [4.78, 5) is 17.9. The zero-order chi connectivity index (χ0) is 24.3. The second kappa shape index (κ2) is 10.4. The van der Waals surface area contributed by atoms with Crippen molar-refractivity contribution in [1.29, 1.82) is 0 Å². The van der Waals surface area contributed by atoms with E-state index in [0.717, 1.165) is 34.2 Å². The van der Waals surface area contributed by atoms with E-state index in [4.69, 9.17) is 4.98 Å². The minimum absolute atomic E-state index is 0.00341. The maximum atomic E-state index is 11.6. The molecule has 1 aliphatic rings. The summed E-state index contributed by atoms with van der Waals surface area (Å²) in [7, 11) is 2.09. The molecule has 182 valence electrons. The third-order valence-electron chi connectivity index (χ3n) is 6.63. The number of nitrogens with one attached hydrogen (secondary N) is 1. The number of amides is 1. The smallest absolute Gasteiger partial charge is 0.224 e. The molecule has 34 heavy (non-hydrogen) atoms. The molecule has 6 heteroatoms. The van der Waals surface area contributed by atoms with Crippen molar-refractivity contribution in [3.05, 3.63) is 48.3 Å². The van der Waals surface area contributed by atoms with Crippen LogP contribution in [0.4, 0.5) is 11.4 Å². The zero-order valence-corrected chi connectivity index (χ0v) is 22.0. The van der Waals surface area contributed by atoms with Gasteiger partial charge in [0.15, 0.2) is 0 Å². The molecular formula is C28H38N4OS. The molecule has 0 atom stereocenters. The van der Waals surface area contributed by atoms with Crippen molar-refractivity contribution in [2.24, 2.45) is 5.92 Å². The van der Waals surface area contributed by atoms with E-state index in [0.29, 0.717) is 6.42 Å². The SMILES string of the molecule is CCC(=O)Nc1ccc(SN(C)c2ccc3c(c2)nc(C(C)(C)C)n3CC2CCCCC2)cc1. The number of nitrogens with zero attached hydrogens (tertiary/aromatic N) is 3. The fourth-order valence-corrected chi connectivity index (χ4v) is 5.55. The standard InChI is InChI=1S/C28H38N4OS/c1-6-26(33)29-21-12-15-23(16-13-21)34-31(5)22-14-17-25-24(18-22)30-27(28(2,3)4)32(25)19-20-10-8-7-9-11-20/h12-18,20H,6-11,19H2,1-5H3,(H,29,33). The first-order valence-electron chi connectivity index (χ1n) is 12.6. The van der Waals surface area contributed by atoms with E-state index in [2.05, 4.69) is 60.2 Å². The van der Waals surface area contributed by atoms with Crippen molar-refractivity contribution in [3.8, 4) is 0 Å². The average Bonchev–Trinajstić information content (AvgIpc) is 3.19. The summed E-state index contributed by atoms with van der Waals surface area (Å²) in [6.07, 6.45) is 7.26. The van der Waals surface area contributed by atoms with Crippen LogP contribution in [0, 0.1) is 5.92 Å². The normalized spacial score (nSPS) is 15.0. The number of carbonyl (C=O) groups excluding carboxylic acids is 1. The predicted molar refractivity (Wildman–Crippen MR) is 145 cm³/mol. The van der Waals surface area contributed by atoms with Gasteiger partial charge >= 0.3 is 0 Å². The summed E-state index contributed by atoms with van der Waals surface area (Å²) in [5.74, 6) is 1.98. The van der Waals surface area contributed by atoms with Gasteiger partial charge in [0.2, 0.25) is 5.91 Å². The quantitative estimate of drug-likeness (QED) is 0.359. The van der Waals surface area contributed by atoms with Crippen molar-refractivity contribution < 1.29 is 4.79 Å². The monoisotopic (exact) mass is 478 g/mol. The molecule has 1 amide bonds. The summed E-state index contributed by atoms with van der Waals surface area (Å²) in [5, 5.41) is 2.90. The van der Waals surface area contributed by atoms with Crippen LogP contribution < -0.4 is 9.62 Å². The van der Waals surface area contributed by atoms with Crippen LogP contribution in [-0.2, 0) is 16.8 Å². The fraction of sp³-hybridized carbons (Fsp3) is 0.500. The molecule has 1 fully saturated rings. The number of aromatic nitrogens is 2. The van der Waals surface area contributed by atoms with Crippen molar-refractivity contribution in [3.63, 3.8) is 0 Å². The molecule has 4 rings (SSSR count). The molecule has 0 aliphatic heterocycles. The van der Waals surface area contributed by atoms with Gasteiger partial charge in [-0.05, 0) is 73.2 Å². The van der Waals surface area contributed by atoms with Crippen LogP contribution in [0.5, 0.6) is 0 Å². The number of hydrogen-bond donors (Lipinski definition) is 1. The van der Waals surface area contributed by atoms with Crippen LogP contribution in [-0.4, -0.2) is 22.5 Å². The molecule has 0 spiro atoms. The van der Waals surface area contributed by atoms with Crippen LogP contribution in [0.3, 0.4) is 0 Å². The molecule has 0 radical (unpaired) electrons. The Labute approximate surface area is 208 Å². The zero-order valence-electron chi connectivity index (χ0n) is 21.2. The number of fused-ring (bicyclic) bond motifs is 1. The fourth-order valence-electron chi connectivity index (χ4n) is 4.76. The van der Waals surface area contributed by atoms with E-state index in [1.54, 1.807) is 11.9 Å². The maximum absolute atomic E-state index is 11.6. The van der Waals surface area contributed by atoms with Gasteiger partial charge in [0, 0.05) is 41.7 Å². The topological polar surface area (TPSA) is 50.2 Å². The number of carbonyl (C=O) groups is 1. The number of rotatable bonds is 7. The van der Waals surface area contributed by atoms with Crippen LogP contribution in [0.25, 0.3) is 11.0 Å². The maximum Gasteiger partial charge on any atom is 0.224 e. The van der Waals surface area contributed by atoms with E-state index >= 15 is 0 Å². The molecule has 0 unspecified atom stereocenters. The molecule has 5 nitrogen and oxygen atoms in total. The Morgan fingerprint density at radius 3 is 2.47 bits per heavy atom. The molecule has 1 heterocycles. The summed E-state index contributed by atoms with van der Waals surface area (Å²) in [6, 6.07) is 14.7. The van der Waals surface area contributed by atoms with Crippen LogP contribution in [0.1, 0.15) is 72.0 Å². The Morgan fingerprint density at radius 2 is 1.82 bits per heavy atom. The first-order chi connectivity index (χ1) is 16.2. The van der Waals surface area contributed by atoms with E-state index < -0.39 is 0 Å². The number of anilines is 2. The van der Waals surface area contributed by atoms with Crippen molar-refractivity contribution >= 4 is 40.3 Å². The summed E-state index contributed by atoms with van der Waals surface area (Å²) >= 11 is 1.67. The van der Waals surface area contributed by atoms with E-state index in [-0.39, 0.29) is 11.3 Å². The highest BCUT2D eigenvalue weighted by Gasteiger charge is 2.25. The third-order valence-corrected chi connectivity index (χ3v) is 7.60. The van der Waals surface area contributed by atoms with E-state index in [1.165, 1.54) is 43.4 Å². The van der Waals surface area contributed by atoms with E-state index in [9.17, 15) is 4.79 Å². The highest BCUT2D eigenvalue weighted by molar-refractivity contribution is 8.00. The van der Waals surface area contributed by atoms with Gasteiger partial charge in [-0.1, -0.05) is 47.0 Å². The molecular weight excluding hydrogens is 440 g/mol. The molecule has 1 aliphatic carbocycles. The van der Waals surface area contributed by atoms with Crippen molar-refractivity contribution in [2.75, 3.05) is 16.7 Å². The van der Waals surface area contributed by atoms with Crippen LogP contribution >= 0.6 is 11.9 Å². The van der Waals surface area contributed by atoms with Gasteiger partial charge in [0.05, 0.1) is 11.0 Å². The van der Waals surface area contributed by atoms with Crippen LogP contribution in [0.2, 0.25) is 0 Å². The van der Waals surface area contributed by atoms with Gasteiger partial charge in [0.25, 0.3) is 0 Å². The van der Waals surface area contributed by atoms with Gasteiger partial charge in [-0.15, -0.1) is 0 Å². The lowest BCUT2D eigenvalue weighted by Gasteiger charge is -2.26. The Kier molecular flexibility index (Phi) is 7.56. The van der Waals surface area contributed by atoms with Gasteiger partial charge in [-0.25, -0.2) is 4.98 Å². The third kappa shape index (κ3) is 5.77. The Morgan fingerprint density at radius 1 is 1.12 bits per heavy atom. The van der Waals surface area contributed by atoms with Crippen LogP contribution in [0.15, 0.2) is 47.4 Å². The molecule has 1 N–H and O–H groups in total. The first-order valence-corrected chi connectivity index (χ1v) is 13.3. The summed E-state index contributed by atoms with van der Waals surface area (Å²) in [5.41, 5.74) is 4.28. The highest BCUT2D eigenvalue weighted by atomic mass is 32.2. The average molecular weight is 479 g/mol. The number of hydrogen-bond acceptors (Lipinski definition) is 4. The molecule has 2 aromatic carbocycles. The summed E-state index contributed by atoms with van der Waals surface area (Å²) in [6.45, 7) is 9.73. The van der Waals surface area contributed by atoms with E-state index in [1.807, 2.05) is 31.2 Å². The van der Waals surface area contributed by atoms with Gasteiger partial charge in [-0.3, -0.25) is 4.79 Å². The lowest BCUT2D eigenvalue weighted by atomic mass is 9.88. The highest BCUT2D eigenvalue weighted by Crippen LogP contribution is 2.34. The second-order valence-electron chi connectivity index (χ2n) is 10.5. The first kappa shape index (κ1) is 24.6. The van der Waals surface area contributed by atoms with Gasteiger partial charge in [-0.2, -0.15) is 0 Å². The van der Waals surface area contributed by atoms with Crippen molar-refractivity contribution in [1.82, 2.24) is 9.55 Å². The molecule has 1 aromatic heterocycles. The minimum atomic E-state index is 0.00341. The lowest BCUT2D eigenvalue weighted by molar-refractivity contribution is -0.115. The predicted octanol–water partition coefficient (Wildman–Crippen LogP) is 7.41. The Hall–Kier alpha value is -2.47. The lowest BCUT2D eigenvalue weighted by Crippen LogP contribution is -2.22. The number of benzene rings is 2. The van der Waals surface area contributed by atoms with Crippen molar-refractivity contribution in [2.45, 2.75) is 83.1 Å². The minimum Gasteiger partial charge on any atom is -0.327 e. The molecule has 1 saturated carbocycles. The molecule has 3 aromatic rings. The summed E-state index contributed by atoms with van der Waals surface area (Å²) < 4.78 is 4.67. The Balaban J connectivity index is 1.54. The number of imidazole rings is 1.